The summed E-state index contributed by atoms with van der Waals surface area (Å²) >= 11 is 1.95. The topological polar surface area (TPSA) is 12.9 Å². The Morgan fingerprint density at radius 3 is 2.20 bits per heavy atom. The van der Waals surface area contributed by atoms with Crippen LogP contribution >= 0.6 is 11.8 Å². The number of aromatic nitrogens is 1. The molecule has 0 saturated heterocycles. The molecule has 3 aromatic carbocycles. The first-order chi connectivity index (χ1) is 12.4. The van der Waals surface area contributed by atoms with Crippen LogP contribution in [0, 0.1) is 0 Å². The molecule has 0 atom stereocenters. The number of rotatable bonds is 2. The SMILES string of the molecule is c1ccc(-c2nc3c4c(cccc4c2-c2ccccc2)SCC3)cc1. The van der Waals surface area contributed by atoms with Gasteiger partial charge in [0.25, 0.3) is 0 Å². The van der Waals surface area contributed by atoms with Crippen LogP contribution in [0.15, 0.2) is 83.8 Å². The van der Waals surface area contributed by atoms with Crippen LogP contribution in [0.5, 0.6) is 0 Å². The van der Waals surface area contributed by atoms with Gasteiger partial charge in [0, 0.05) is 27.2 Å². The number of nitrogens with zero attached hydrogens (tertiary/aromatic N) is 1. The molecule has 0 fully saturated rings. The summed E-state index contributed by atoms with van der Waals surface area (Å²) in [5.74, 6) is 1.11. The Morgan fingerprint density at radius 1 is 0.720 bits per heavy atom. The Hall–Kier alpha value is -2.58. The Balaban J connectivity index is 1.93. The van der Waals surface area contributed by atoms with E-state index in [1.165, 1.54) is 38.1 Å². The van der Waals surface area contributed by atoms with Crippen molar-refractivity contribution in [2.24, 2.45) is 0 Å². The van der Waals surface area contributed by atoms with Crippen molar-refractivity contribution in [3.05, 3.63) is 84.6 Å². The molecule has 5 rings (SSSR count). The van der Waals surface area contributed by atoms with E-state index in [0.29, 0.717) is 0 Å². The lowest BCUT2D eigenvalue weighted by Gasteiger charge is -2.21. The van der Waals surface area contributed by atoms with Gasteiger partial charge < -0.3 is 0 Å². The van der Waals surface area contributed by atoms with Crippen molar-refractivity contribution in [2.45, 2.75) is 11.3 Å². The van der Waals surface area contributed by atoms with E-state index in [0.717, 1.165) is 17.9 Å². The summed E-state index contributed by atoms with van der Waals surface area (Å²) in [6.45, 7) is 0. The summed E-state index contributed by atoms with van der Waals surface area (Å²) in [6.07, 6.45) is 1.03. The van der Waals surface area contributed by atoms with Crippen molar-refractivity contribution >= 4 is 22.5 Å². The van der Waals surface area contributed by atoms with Gasteiger partial charge in [-0.2, -0.15) is 0 Å². The smallest absolute Gasteiger partial charge is 0.0790 e. The summed E-state index contributed by atoms with van der Waals surface area (Å²) in [7, 11) is 0. The quantitative estimate of drug-likeness (QED) is 0.430. The molecule has 0 bridgehead atoms. The number of benzene rings is 3. The fourth-order valence-corrected chi connectivity index (χ4v) is 4.73. The van der Waals surface area contributed by atoms with Crippen molar-refractivity contribution in [3.8, 4) is 22.4 Å². The Labute approximate surface area is 151 Å². The summed E-state index contributed by atoms with van der Waals surface area (Å²) in [4.78, 5) is 6.53. The Kier molecular flexibility index (Phi) is 3.57. The zero-order chi connectivity index (χ0) is 16.6. The van der Waals surface area contributed by atoms with Gasteiger partial charge in [0.15, 0.2) is 0 Å². The highest BCUT2D eigenvalue weighted by Gasteiger charge is 2.21. The number of pyridine rings is 1. The van der Waals surface area contributed by atoms with Crippen LogP contribution in [-0.4, -0.2) is 10.7 Å². The number of hydrogen-bond acceptors (Lipinski definition) is 2. The van der Waals surface area contributed by atoms with Crippen molar-refractivity contribution in [1.82, 2.24) is 4.98 Å². The first-order valence-electron chi connectivity index (χ1n) is 8.61. The van der Waals surface area contributed by atoms with Crippen molar-refractivity contribution < 1.29 is 0 Å². The minimum Gasteiger partial charge on any atom is -0.251 e. The fourth-order valence-electron chi connectivity index (χ4n) is 3.67. The van der Waals surface area contributed by atoms with Gasteiger partial charge in [-0.15, -0.1) is 11.8 Å². The molecule has 2 heteroatoms. The predicted octanol–water partition coefficient (Wildman–Crippen LogP) is 6.22. The lowest BCUT2D eigenvalue weighted by molar-refractivity contribution is 1.05. The maximum atomic E-state index is 5.16. The van der Waals surface area contributed by atoms with E-state index in [2.05, 4.69) is 78.9 Å². The third-order valence-electron chi connectivity index (χ3n) is 4.77. The third-order valence-corrected chi connectivity index (χ3v) is 5.83. The molecule has 0 radical (unpaired) electrons. The summed E-state index contributed by atoms with van der Waals surface area (Å²) < 4.78 is 0. The van der Waals surface area contributed by atoms with E-state index in [9.17, 15) is 0 Å². The summed E-state index contributed by atoms with van der Waals surface area (Å²) in [6, 6.07) is 27.9. The zero-order valence-electron chi connectivity index (χ0n) is 13.8. The van der Waals surface area contributed by atoms with Gasteiger partial charge in [-0.05, 0) is 23.4 Å². The molecule has 25 heavy (non-hydrogen) atoms. The summed E-state index contributed by atoms with van der Waals surface area (Å²) in [5, 5.41) is 2.66. The molecular formula is C23H17NS. The lowest BCUT2D eigenvalue weighted by atomic mass is 9.92. The van der Waals surface area contributed by atoms with Gasteiger partial charge in [-0.1, -0.05) is 72.8 Å². The Bertz CT molecular complexity index is 1060. The number of aryl methyl sites for hydroxylation is 1. The van der Waals surface area contributed by atoms with Gasteiger partial charge in [0.2, 0.25) is 0 Å². The molecule has 4 aromatic rings. The van der Waals surface area contributed by atoms with Crippen molar-refractivity contribution in [3.63, 3.8) is 0 Å². The zero-order valence-corrected chi connectivity index (χ0v) is 14.6. The van der Waals surface area contributed by atoms with Crippen LogP contribution in [0.25, 0.3) is 33.2 Å². The number of hydrogen-bond donors (Lipinski definition) is 0. The average molecular weight is 339 g/mol. The first kappa shape index (κ1) is 14.7. The first-order valence-corrected chi connectivity index (χ1v) is 9.59. The molecule has 1 aromatic heterocycles. The van der Waals surface area contributed by atoms with Crippen LogP contribution in [0.4, 0.5) is 0 Å². The molecule has 0 aliphatic carbocycles. The normalized spacial score (nSPS) is 13.1. The molecule has 1 nitrogen and oxygen atoms in total. The molecule has 120 valence electrons. The largest absolute Gasteiger partial charge is 0.251 e. The van der Waals surface area contributed by atoms with Crippen LogP contribution in [-0.2, 0) is 6.42 Å². The van der Waals surface area contributed by atoms with Gasteiger partial charge in [0.05, 0.1) is 11.4 Å². The standard InChI is InChI=1S/C23H17NS/c1-3-8-16(9-4-1)21-18-12-7-13-20-22(18)19(14-15-25-20)24-23(21)17-10-5-2-6-11-17/h1-13H,14-15H2. The maximum absolute atomic E-state index is 5.16. The lowest BCUT2D eigenvalue weighted by Crippen LogP contribution is -2.04. The minimum absolute atomic E-state index is 1.03. The highest BCUT2D eigenvalue weighted by Crippen LogP contribution is 2.43. The third kappa shape index (κ3) is 2.45. The molecular weight excluding hydrogens is 322 g/mol. The molecule has 2 heterocycles. The molecule has 1 aliphatic heterocycles. The summed E-state index contributed by atoms with van der Waals surface area (Å²) in [5.41, 5.74) is 5.99. The van der Waals surface area contributed by atoms with Crippen molar-refractivity contribution in [1.29, 1.82) is 0 Å². The van der Waals surface area contributed by atoms with Gasteiger partial charge in [-0.3, -0.25) is 4.98 Å². The molecule has 0 N–H and O–H groups in total. The second-order valence-electron chi connectivity index (χ2n) is 6.29. The van der Waals surface area contributed by atoms with Crippen LogP contribution in [0.2, 0.25) is 0 Å². The van der Waals surface area contributed by atoms with E-state index in [-0.39, 0.29) is 0 Å². The van der Waals surface area contributed by atoms with Crippen LogP contribution in [0.1, 0.15) is 5.69 Å². The second kappa shape index (κ2) is 6.05. The van der Waals surface area contributed by atoms with Gasteiger partial charge >= 0.3 is 0 Å². The number of thioether (sulfide) groups is 1. The molecule has 0 unspecified atom stereocenters. The van der Waals surface area contributed by atoms with Gasteiger partial charge in [-0.25, -0.2) is 0 Å². The molecule has 0 saturated carbocycles. The highest BCUT2D eigenvalue weighted by molar-refractivity contribution is 7.99. The molecule has 0 spiro atoms. The van der Waals surface area contributed by atoms with E-state index >= 15 is 0 Å². The van der Waals surface area contributed by atoms with E-state index in [1.807, 2.05) is 11.8 Å². The van der Waals surface area contributed by atoms with Gasteiger partial charge in [0.1, 0.15) is 0 Å². The maximum Gasteiger partial charge on any atom is 0.0790 e. The fraction of sp³-hybridized carbons (Fsp3) is 0.0870. The predicted molar refractivity (Wildman–Crippen MR) is 107 cm³/mol. The van der Waals surface area contributed by atoms with Crippen LogP contribution in [0.3, 0.4) is 0 Å². The van der Waals surface area contributed by atoms with Crippen LogP contribution < -0.4 is 0 Å². The molecule has 1 aliphatic rings. The monoisotopic (exact) mass is 339 g/mol. The average Bonchev–Trinajstić information content (AvgIpc) is 2.69. The minimum atomic E-state index is 1.03. The molecule has 0 amide bonds. The Morgan fingerprint density at radius 2 is 1.44 bits per heavy atom. The highest BCUT2D eigenvalue weighted by atomic mass is 32.2. The van der Waals surface area contributed by atoms with E-state index < -0.39 is 0 Å². The van der Waals surface area contributed by atoms with E-state index in [1.54, 1.807) is 0 Å². The van der Waals surface area contributed by atoms with E-state index in [4.69, 9.17) is 4.98 Å². The second-order valence-corrected chi connectivity index (χ2v) is 7.43. The van der Waals surface area contributed by atoms with Crippen molar-refractivity contribution in [2.75, 3.05) is 5.75 Å².